The van der Waals surface area contributed by atoms with Crippen LogP contribution in [-0.2, 0) is 18.4 Å². The van der Waals surface area contributed by atoms with E-state index >= 15 is 0 Å². The smallest absolute Gasteiger partial charge is 0.287 e. The topological polar surface area (TPSA) is 76.3 Å². The first-order valence-corrected chi connectivity index (χ1v) is 6.72. The van der Waals surface area contributed by atoms with Gasteiger partial charge in [0, 0.05) is 18.4 Å². The van der Waals surface area contributed by atoms with E-state index in [0.717, 1.165) is 11.4 Å². The molecule has 0 aliphatic rings. The van der Waals surface area contributed by atoms with Gasteiger partial charge in [0.15, 0.2) is 5.76 Å². The molecule has 6 heteroatoms. The van der Waals surface area contributed by atoms with Crippen LogP contribution in [0.2, 0.25) is 0 Å². The zero-order chi connectivity index (χ0) is 15.4. The van der Waals surface area contributed by atoms with Crippen LogP contribution in [0.15, 0.2) is 34.9 Å². The highest BCUT2D eigenvalue weighted by Gasteiger charge is 2.18. The predicted octanol–water partition coefficient (Wildman–Crippen LogP) is 1.36. The summed E-state index contributed by atoms with van der Waals surface area (Å²) in [5.41, 5.74) is 2.13. The first kappa shape index (κ1) is 14.9. The van der Waals surface area contributed by atoms with E-state index in [1.54, 1.807) is 19.1 Å². The molecule has 0 spiro atoms. The summed E-state index contributed by atoms with van der Waals surface area (Å²) in [6.07, 6.45) is 1.41. The second kappa shape index (κ2) is 6.30. The summed E-state index contributed by atoms with van der Waals surface area (Å²) < 4.78 is 6.98. The van der Waals surface area contributed by atoms with Gasteiger partial charge >= 0.3 is 0 Å². The average Bonchev–Trinajstić information content (AvgIpc) is 3.09. The minimum atomic E-state index is -0.635. The van der Waals surface area contributed by atoms with Crippen molar-refractivity contribution in [3.63, 3.8) is 0 Å². The molecular formula is C15H19N3O3. The van der Waals surface area contributed by atoms with Gasteiger partial charge in [-0.3, -0.25) is 9.59 Å². The van der Waals surface area contributed by atoms with E-state index in [9.17, 15) is 9.59 Å². The van der Waals surface area contributed by atoms with Crippen molar-refractivity contribution in [2.24, 2.45) is 7.05 Å². The molecule has 2 amide bonds. The third-order valence-electron chi connectivity index (χ3n) is 3.41. The first-order valence-electron chi connectivity index (χ1n) is 6.72. The summed E-state index contributed by atoms with van der Waals surface area (Å²) in [6, 6.07) is 6.49. The molecule has 2 heterocycles. The molecule has 0 aromatic carbocycles. The number of carbonyl (C=O) groups excluding carboxylic acids is 2. The summed E-state index contributed by atoms with van der Waals surface area (Å²) in [5.74, 6) is -0.459. The lowest BCUT2D eigenvalue weighted by Crippen LogP contribution is -2.44. The van der Waals surface area contributed by atoms with Crippen LogP contribution in [0.4, 0.5) is 0 Å². The zero-order valence-electron chi connectivity index (χ0n) is 12.3. The van der Waals surface area contributed by atoms with E-state index < -0.39 is 11.9 Å². The highest BCUT2D eigenvalue weighted by Crippen LogP contribution is 2.05. The summed E-state index contributed by atoms with van der Waals surface area (Å²) in [5, 5.41) is 5.39. The highest BCUT2D eigenvalue weighted by atomic mass is 16.3. The summed E-state index contributed by atoms with van der Waals surface area (Å²) in [7, 11) is 1.94. The molecular weight excluding hydrogens is 270 g/mol. The van der Waals surface area contributed by atoms with Crippen LogP contribution in [0.1, 0.15) is 28.9 Å². The SMILES string of the molecule is Cc1ccc(CNC(=O)[C@@H](C)NC(=O)c2ccco2)n1C. The fourth-order valence-corrected chi connectivity index (χ4v) is 1.92. The molecule has 21 heavy (non-hydrogen) atoms. The fourth-order valence-electron chi connectivity index (χ4n) is 1.92. The Morgan fingerprint density at radius 3 is 2.67 bits per heavy atom. The minimum absolute atomic E-state index is 0.188. The first-order chi connectivity index (χ1) is 9.99. The Balaban J connectivity index is 1.85. The van der Waals surface area contributed by atoms with Crippen LogP contribution in [0, 0.1) is 6.92 Å². The van der Waals surface area contributed by atoms with Gasteiger partial charge in [0.05, 0.1) is 12.8 Å². The average molecular weight is 289 g/mol. The molecule has 0 saturated heterocycles. The maximum Gasteiger partial charge on any atom is 0.287 e. The van der Waals surface area contributed by atoms with E-state index in [-0.39, 0.29) is 11.7 Å². The van der Waals surface area contributed by atoms with Crippen LogP contribution in [0.25, 0.3) is 0 Å². The standard InChI is InChI=1S/C15H19N3O3/c1-10-6-7-12(18(10)3)9-16-14(19)11(2)17-15(20)13-5-4-8-21-13/h4-8,11H,9H2,1-3H3,(H,16,19)(H,17,20)/t11-/m1/s1. The lowest BCUT2D eigenvalue weighted by molar-refractivity contribution is -0.122. The lowest BCUT2D eigenvalue weighted by atomic mass is 10.3. The Kier molecular flexibility index (Phi) is 4.47. The molecule has 0 aliphatic heterocycles. The number of hydrogen-bond donors (Lipinski definition) is 2. The summed E-state index contributed by atoms with van der Waals surface area (Å²) >= 11 is 0. The van der Waals surface area contributed by atoms with Crippen molar-refractivity contribution in [3.05, 3.63) is 47.7 Å². The maximum absolute atomic E-state index is 12.0. The van der Waals surface area contributed by atoms with E-state index in [1.807, 2.05) is 30.7 Å². The van der Waals surface area contributed by atoms with Gasteiger partial charge in [0.25, 0.3) is 5.91 Å². The Morgan fingerprint density at radius 2 is 2.10 bits per heavy atom. The molecule has 0 bridgehead atoms. The largest absolute Gasteiger partial charge is 0.459 e. The van der Waals surface area contributed by atoms with Crippen molar-refractivity contribution in [1.29, 1.82) is 0 Å². The summed E-state index contributed by atoms with van der Waals surface area (Å²) in [4.78, 5) is 23.7. The number of nitrogens with one attached hydrogen (secondary N) is 2. The van der Waals surface area contributed by atoms with Gasteiger partial charge in [-0.1, -0.05) is 0 Å². The number of carbonyl (C=O) groups is 2. The number of aromatic nitrogens is 1. The van der Waals surface area contributed by atoms with Gasteiger partial charge in [-0.15, -0.1) is 0 Å². The van der Waals surface area contributed by atoms with Crippen molar-refractivity contribution in [2.45, 2.75) is 26.4 Å². The second-order valence-corrected chi connectivity index (χ2v) is 4.92. The zero-order valence-corrected chi connectivity index (χ0v) is 12.3. The third kappa shape index (κ3) is 3.53. The van der Waals surface area contributed by atoms with E-state index in [4.69, 9.17) is 4.42 Å². The van der Waals surface area contributed by atoms with Crippen LogP contribution < -0.4 is 10.6 Å². The van der Waals surface area contributed by atoms with Crippen molar-refractivity contribution in [3.8, 4) is 0 Å². The summed E-state index contributed by atoms with van der Waals surface area (Å²) in [6.45, 7) is 4.05. The van der Waals surface area contributed by atoms with Gasteiger partial charge in [-0.05, 0) is 38.1 Å². The Labute approximate surface area is 123 Å². The van der Waals surface area contributed by atoms with Gasteiger partial charge in [-0.2, -0.15) is 0 Å². The number of amides is 2. The van der Waals surface area contributed by atoms with Crippen molar-refractivity contribution in [1.82, 2.24) is 15.2 Å². The maximum atomic E-state index is 12.0. The van der Waals surface area contributed by atoms with E-state index in [1.165, 1.54) is 6.26 Å². The number of furan rings is 1. The van der Waals surface area contributed by atoms with Gasteiger partial charge in [0.1, 0.15) is 6.04 Å². The third-order valence-corrected chi connectivity index (χ3v) is 3.41. The van der Waals surface area contributed by atoms with E-state index in [2.05, 4.69) is 10.6 Å². The minimum Gasteiger partial charge on any atom is -0.459 e. The Bertz CT molecular complexity index is 629. The molecule has 2 aromatic heterocycles. The van der Waals surface area contributed by atoms with E-state index in [0.29, 0.717) is 6.54 Å². The molecule has 1 atom stereocenters. The Morgan fingerprint density at radius 1 is 1.33 bits per heavy atom. The second-order valence-electron chi connectivity index (χ2n) is 4.92. The molecule has 0 radical (unpaired) electrons. The number of hydrogen-bond acceptors (Lipinski definition) is 3. The number of nitrogens with zero attached hydrogens (tertiary/aromatic N) is 1. The van der Waals surface area contributed by atoms with Crippen molar-refractivity contribution < 1.29 is 14.0 Å². The number of rotatable bonds is 5. The highest BCUT2D eigenvalue weighted by molar-refractivity contribution is 5.95. The molecule has 6 nitrogen and oxygen atoms in total. The van der Waals surface area contributed by atoms with Crippen molar-refractivity contribution >= 4 is 11.8 Å². The number of aryl methyl sites for hydroxylation is 1. The lowest BCUT2D eigenvalue weighted by Gasteiger charge is -2.14. The normalized spacial score (nSPS) is 12.0. The fraction of sp³-hybridized carbons (Fsp3) is 0.333. The molecule has 2 N–H and O–H groups in total. The molecule has 0 aliphatic carbocycles. The predicted molar refractivity (Wildman–Crippen MR) is 77.6 cm³/mol. The van der Waals surface area contributed by atoms with Crippen molar-refractivity contribution in [2.75, 3.05) is 0 Å². The molecule has 112 valence electrons. The molecule has 2 aromatic rings. The van der Waals surface area contributed by atoms with Crippen LogP contribution >= 0.6 is 0 Å². The molecule has 2 rings (SSSR count). The van der Waals surface area contributed by atoms with Crippen LogP contribution in [0.5, 0.6) is 0 Å². The van der Waals surface area contributed by atoms with Crippen LogP contribution in [0.3, 0.4) is 0 Å². The van der Waals surface area contributed by atoms with Gasteiger partial charge in [0.2, 0.25) is 5.91 Å². The van der Waals surface area contributed by atoms with Gasteiger partial charge < -0.3 is 19.6 Å². The molecule has 0 saturated carbocycles. The quantitative estimate of drug-likeness (QED) is 0.872. The molecule has 0 fully saturated rings. The monoisotopic (exact) mass is 289 g/mol. The van der Waals surface area contributed by atoms with Gasteiger partial charge in [-0.25, -0.2) is 0 Å². The Hall–Kier alpha value is -2.50. The van der Waals surface area contributed by atoms with Crippen LogP contribution in [-0.4, -0.2) is 22.4 Å². The molecule has 0 unspecified atom stereocenters.